The molecular weight excluding hydrogens is 456 g/mol. The summed E-state index contributed by atoms with van der Waals surface area (Å²) in [6, 6.07) is 17.5. The molecular formula is C28H30N4O4. The van der Waals surface area contributed by atoms with Crippen LogP contribution in [0.4, 0.5) is 17.1 Å². The number of hydrogen-bond acceptors (Lipinski definition) is 6. The minimum Gasteiger partial charge on any atom is -0.480 e. The Balaban J connectivity index is 1.44. The molecule has 7 N–H and O–H groups in total. The number of para-hydroxylation sites is 2. The van der Waals surface area contributed by atoms with E-state index in [4.69, 9.17) is 16.6 Å². The largest absolute Gasteiger partial charge is 0.480 e. The molecule has 1 atom stereocenters. The van der Waals surface area contributed by atoms with Gasteiger partial charge in [0.1, 0.15) is 6.04 Å². The van der Waals surface area contributed by atoms with Crippen molar-refractivity contribution < 1.29 is 19.5 Å². The molecule has 0 aromatic heterocycles. The van der Waals surface area contributed by atoms with Crippen LogP contribution >= 0.6 is 0 Å². The number of ketones is 1. The Morgan fingerprint density at radius 1 is 0.944 bits per heavy atom. The zero-order chi connectivity index (χ0) is 25.7. The molecule has 1 amide bonds. The van der Waals surface area contributed by atoms with Crippen LogP contribution in [0.25, 0.3) is 0 Å². The molecule has 0 bridgehead atoms. The van der Waals surface area contributed by atoms with Gasteiger partial charge in [0.25, 0.3) is 5.91 Å². The van der Waals surface area contributed by atoms with Gasteiger partial charge in [0.2, 0.25) is 0 Å². The number of unbranched alkanes of at least 4 members (excludes halogenated alkanes) is 1. The zero-order valence-electron chi connectivity index (χ0n) is 19.9. The second-order valence-electron chi connectivity index (χ2n) is 8.98. The maximum absolute atomic E-state index is 13.4. The minimum absolute atomic E-state index is 0.0967. The SMILES string of the molecule is Nc1ccccc1Nc1ccc2c(c1)CCc1ccc(C(=O)NCCCC[C@H](N)C(=O)O)cc1C2=O. The third kappa shape index (κ3) is 5.72. The van der Waals surface area contributed by atoms with Gasteiger partial charge in [-0.05, 0) is 85.7 Å². The smallest absolute Gasteiger partial charge is 0.320 e. The summed E-state index contributed by atoms with van der Waals surface area (Å²) < 4.78 is 0. The number of carboxylic acid groups (broad SMARTS) is 1. The Kier molecular flexibility index (Phi) is 7.65. The molecule has 0 heterocycles. The van der Waals surface area contributed by atoms with Crippen molar-refractivity contribution in [2.24, 2.45) is 5.73 Å². The molecule has 0 saturated carbocycles. The molecule has 0 spiro atoms. The molecule has 0 saturated heterocycles. The summed E-state index contributed by atoms with van der Waals surface area (Å²) in [5.74, 6) is -1.39. The first-order chi connectivity index (χ1) is 17.3. The highest BCUT2D eigenvalue weighted by atomic mass is 16.4. The molecule has 186 valence electrons. The van der Waals surface area contributed by atoms with E-state index in [1.54, 1.807) is 12.1 Å². The van der Waals surface area contributed by atoms with E-state index in [1.165, 1.54) is 0 Å². The van der Waals surface area contributed by atoms with Gasteiger partial charge < -0.3 is 27.2 Å². The van der Waals surface area contributed by atoms with E-state index >= 15 is 0 Å². The molecule has 8 nitrogen and oxygen atoms in total. The van der Waals surface area contributed by atoms with Crippen LogP contribution in [0.3, 0.4) is 0 Å². The van der Waals surface area contributed by atoms with Crippen molar-refractivity contribution in [3.8, 4) is 0 Å². The molecule has 36 heavy (non-hydrogen) atoms. The van der Waals surface area contributed by atoms with Gasteiger partial charge in [-0.15, -0.1) is 0 Å². The number of rotatable bonds is 9. The summed E-state index contributed by atoms with van der Waals surface area (Å²) >= 11 is 0. The van der Waals surface area contributed by atoms with E-state index in [-0.39, 0.29) is 11.7 Å². The Labute approximate surface area is 209 Å². The van der Waals surface area contributed by atoms with Crippen molar-refractivity contribution >= 4 is 34.7 Å². The molecule has 3 aromatic rings. The Bertz CT molecular complexity index is 1300. The average molecular weight is 487 g/mol. The van der Waals surface area contributed by atoms with Crippen LogP contribution in [-0.4, -0.2) is 35.4 Å². The van der Waals surface area contributed by atoms with Crippen LogP contribution in [0.5, 0.6) is 0 Å². The Morgan fingerprint density at radius 3 is 2.50 bits per heavy atom. The number of nitrogens with one attached hydrogen (secondary N) is 2. The maximum atomic E-state index is 13.4. The zero-order valence-corrected chi connectivity index (χ0v) is 19.9. The fourth-order valence-electron chi connectivity index (χ4n) is 4.34. The van der Waals surface area contributed by atoms with E-state index < -0.39 is 12.0 Å². The highest BCUT2D eigenvalue weighted by Crippen LogP contribution is 2.29. The third-order valence-electron chi connectivity index (χ3n) is 6.41. The number of carboxylic acids is 1. The van der Waals surface area contributed by atoms with E-state index in [9.17, 15) is 14.4 Å². The number of benzene rings is 3. The predicted molar refractivity (Wildman–Crippen MR) is 140 cm³/mol. The van der Waals surface area contributed by atoms with E-state index in [0.717, 1.165) is 22.5 Å². The lowest BCUT2D eigenvalue weighted by atomic mass is 9.96. The van der Waals surface area contributed by atoms with Gasteiger partial charge in [0.15, 0.2) is 5.78 Å². The van der Waals surface area contributed by atoms with E-state index in [0.29, 0.717) is 61.0 Å². The number of amides is 1. The number of anilines is 3. The molecule has 0 radical (unpaired) electrons. The van der Waals surface area contributed by atoms with E-state index in [1.807, 2.05) is 48.5 Å². The monoisotopic (exact) mass is 486 g/mol. The standard InChI is InChI=1S/C28H30N4O4/c29-23-5-1-2-7-25(23)32-20-12-13-21-18(15-20)10-8-17-9-11-19(16-22(17)26(21)33)27(34)31-14-4-3-6-24(30)28(35)36/h1-2,5,7,9,11-13,15-16,24,32H,3-4,6,8,10,14,29-30H2,(H,31,34)(H,35,36)/t24-/m0/s1. The Hall–Kier alpha value is -4.17. The number of hydrogen-bond donors (Lipinski definition) is 5. The van der Waals surface area contributed by atoms with Gasteiger partial charge in [-0.3, -0.25) is 14.4 Å². The lowest BCUT2D eigenvalue weighted by Gasteiger charge is -2.12. The fraction of sp³-hybridized carbons (Fsp3) is 0.250. The van der Waals surface area contributed by atoms with Crippen molar-refractivity contribution in [2.45, 2.75) is 38.1 Å². The van der Waals surface area contributed by atoms with Crippen molar-refractivity contribution in [1.82, 2.24) is 5.32 Å². The van der Waals surface area contributed by atoms with Crippen LogP contribution in [0, 0.1) is 0 Å². The first-order valence-corrected chi connectivity index (χ1v) is 12.0. The molecule has 1 aliphatic carbocycles. The summed E-state index contributed by atoms with van der Waals surface area (Å²) in [4.78, 5) is 36.8. The highest BCUT2D eigenvalue weighted by molar-refractivity contribution is 6.12. The Morgan fingerprint density at radius 2 is 1.72 bits per heavy atom. The first-order valence-electron chi connectivity index (χ1n) is 12.0. The number of aryl methyl sites for hydroxylation is 2. The molecule has 8 heteroatoms. The van der Waals surface area contributed by atoms with Crippen LogP contribution in [-0.2, 0) is 17.6 Å². The number of nitrogens with two attached hydrogens (primary N) is 2. The lowest BCUT2D eigenvalue weighted by Crippen LogP contribution is -2.30. The van der Waals surface area contributed by atoms with Gasteiger partial charge in [0.05, 0.1) is 11.4 Å². The number of fused-ring (bicyclic) bond motifs is 2. The number of carbonyl (C=O) groups is 3. The van der Waals surface area contributed by atoms with Gasteiger partial charge in [-0.25, -0.2) is 0 Å². The molecule has 0 fully saturated rings. The van der Waals surface area contributed by atoms with Gasteiger partial charge >= 0.3 is 5.97 Å². The minimum atomic E-state index is -1.02. The highest BCUT2D eigenvalue weighted by Gasteiger charge is 2.23. The number of nitrogen functional groups attached to an aromatic ring is 1. The number of carbonyl (C=O) groups excluding carboxylic acids is 2. The van der Waals surface area contributed by atoms with Crippen molar-refractivity contribution in [2.75, 3.05) is 17.6 Å². The van der Waals surface area contributed by atoms with Gasteiger partial charge in [-0.2, -0.15) is 0 Å². The maximum Gasteiger partial charge on any atom is 0.320 e. The second-order valence-corrected chi connectivity index (χ2v) is 8.98. The first kappa shape index (κ1) is 24.9. The van der Waals surface area contributed by atoms with Crippen LogP contribution in [0.15, 0.2) is 60.7 Å². The molecule has 0 unspecified atom stereocenters. The quantitative estimate of drug-likeness (QED) is 0.229. The molecule has 4 rings (SSSR count). The summed E-state index contributed by atoms with van der Waals surface area (Å²) in [5, 5.41) is 15.0. The third-order valence-corrected chi connectivity index (χ3v) is 6.41. The topological polar surface area (TPSA) is 148 Å². The molecule has 3 aromatic carbocycles. The normalized spacial score (nSPS) is 13.2. The molecule has 0 aliphatic heterocycles. The molecule has 1 aliphatic rings. The lowest BCUT2D eigenvalue weighted by molar-refractivity contribution is -0.138. The summed E-state index contributed by atoms with van der Waals surface area (Å²) in [6.45, 7) is 0.404. The second kappa shape index (κ2) is 11.0. The number of aliphatic carboxylic acids is 1. The summed E-state index contributed by atoms with van der Waals surface area (Å²) in [6.07, 6.45) is 2.97. The predicted octanol–water partition coefficient (Wildman–Crippen LogP) is 3.65. The van der Waals surface area contributed by atoms with Crippen LogP contribution in [0.2, 0.25) is 0 Å². The summed E-state index contributed by atoms with van der Waals surface area (Å²) in [7, 11) is 0. The summed E-state index contributed by atoms with van der Waals surface area (Å²) in [5.41, 5.74) is 17.3. The van der Waals surface area contributed by atoms with Crippen LogP contribution in [0.1, 0.15) is 56.7 Å². The fourth-order valence-corrected chi connectivity index (χ4v) is 4.34. The average Bonchev–Trinajstić information content (AvgIpc) is 3.01. The van der Waals surface area contributed by atoms with Gasteiger partial charge in [0, 0.05) is 28.9 Å². The van der Waals surface area contributed by atoms with Gasteiger partial charge in [-0.1, -0.05) is 18.2 Å². The van der Waals surface area contributed by atoms with Crippen molar-refractivity contribution in [3.05, 3.63) is 88.5 Å². The van der Waals surface area contributed by atoms with Crippen molar-refractivity contribution in [1.29, 1.82) is 0 Å². The van der Waals surface area contributed by atoms with E-state index in [2.05, 4.69) is 10.6 Å². The van der Waals surface area contributed by atoms with Crippen LogP contribution < -0.4 is 22.1 Å². The van der Waals surface area contributed by atoms with Crippen molar-refractivity contribution in [3.63, 3.8) is 0 Å².